The first-order valence-corrected chi connectivity index (χ1v) is 6.46. The molecule has 1 aliphatic rings. The van der Waals surface area contributed by atoms with Crippen molar-refractivity contribution in [2.24, 2.45) is 5.92 Å². The van der Waals surface area contributed by atoms with Crippen LogP contribution in [0.2, 0.25) is 5.02 Å². The average molecular weight is 270 g/mol. The number of aliphatic hydroxyl groups is 1. The van der Waals surface area contributed by atoms with Crippen LogP contribution in [0.25, 0.3) is 0 Å². The number of hydrogen-bond acceptors (Lipinski definition) is 4. The van der Waals surface area contributed by atoms with Crippen molar-refractivity contribution in [2.75, 3.05) is 6.54 Å². The van der Waals surface area contributed by atoms with Crippen molar-refractivity contribution in [2.45, 2.75) is 31.8 Å². The number of nitrogens with one attached hydrogen (secondary N) is 1. The lowest BCUT2D eigenvalue weighted by Gasteiger charge is -2.25. The van der Waals surface area contributed by atoms with Gasteiger partial charge in [0.05, 0.1) is 11.1 Å². The quantitative estimate of drug-likeness (QED) is 0.870. The predicted molar refractivity (Wildman–Crippen MR) is 67.3 cm³/mol. The van der Waals surface area contributed by atoms with Crippen molar-refractivity contribution < 1.29 is 9.90 Å². The first-order chi connectivity index (χ1) is 8.66. The highest BCUT2D eigenvalue weighted by Crippen LogP contribution is 2.23. The monoisotopic (exact) mass is 269 g/mol. The number of carbonyl (C=O) groups is 1. The van der Waals surface area contributed by atoms with Crippen LogP contribution in [0.15, 0.2) is 12.5 Å². The Morgan fingerprint density at radius 3 is 3.11 bits per heavy atom. The third-order valence-electron chi connectivity index (χ3n) is 3.19. The summed E-state index contributed by atoms with van der Waals surface area (Å²) in [5.41, 5.74) is 0.197. The molecule has 2 N–H and O–H groups in total. The molecule has 2 rings (SSSR count). The second-order valence-electron chi connectivity index (χ2n) is 4.62. The van der Waals surface area contributed by atoms with Gasteiger partial charge in [0.15, 0.2) is 0 Å². The molecule has 0 spiro atoms. The van der Waals surface area contributed by atoms with E-state index in [1.165, 1.54) is 12.5 Å². The highest BCUT2D eigenvalue weighted by atomic mass is 35.5. The fourth-order valence-electron chi connectivity index (χ4n) is 2.25. The standard InChI is InChI=1S/C12H16ClN3O2/c13-10-6-14-7-16-11(10)12(18)15-5-8-2-1-3-9(17)4-8/h6-9,17H,1-5H2,(H,15,18). The minimum atomic E-state index is -0.289. The number of nitrogens with zero attached hydrogens (tertiary/aromatic N) is 2. The molecule has 0 saturated heterocycles. The number of amides is 1. The van der Waals surface area contributed by atoms with E-state index in [9.17, 15) is 9.90 Å². The molecule has 0 aromatic carbocycles. The van der Waals surface area contributed by atoms with Crippen molar-refractivity contribution in [1.82, 2.24) is 15.3 Å². The lowest BCUT2D eigenvalue weighted by molar-refractivity contribution is 0.0870. The van der Waals surface area contributed by atoms with Crippen molar-refractivity contribution in [3.63, 3.8) is 0 Å². The van der Waals surface area contributed by atoms with Gasteiger partial charge in [-0.2, -0.15) is 0 Å². The summed E-state index contributed by atoms with van der Waals surface area (Å²) in [6.07, 6.45) is 6.12. The van der Waals surface area contributed by atoms with Crippen molar-refractivity contribution >= 4 is 17.5 Å². The molecule has 0 radical (unpaired) electrons. The van der Waals surface area contributed by atoms with Crippen LogP contribution in [-0.4, -0.2) is 33.6 Å². The molecule has 2 atom stereocenters. The van der Waals surface area contributed by atoms with Crippen molar-refractivity contribution in [3.05, 3.63) is 23.2 Å². The Bertz CT molecular complexity index is 428. The summed E-state index contributed by atoms with van der Waals surface area (Å²) in [5, 5.41) is 12.6. The summed E-state index contributed by atoms with van der Waals surface area (Å²) in [4.78, 5) is 19.4. The molecule has 1 saturated carbocycles. The molecule has 2 unspecified atom stereocenters. The number of carbonyl (C=O) groups excluding carboxylic acids is 1. The molecule has 0 aliphatic heterocycles. The summed E-state index contributed by atoms with van der Waals surface area (Å²) in [5.74, 6) is 0.0424. The van der Waals surface area contributed by atoms with Gasteiger partial charge < -0.3 is 10.4 Å². The number of aromatic nitrogens is 2. The molecule has 1 heterocycles. The number of hydrogen-bond donors (Lipinski definition) is 2. The number of aliphatic hydroxyl groups excluding tert-OH is 1. The molecule has 98 valence electrons. The third-order valence-corrected chi connectivity index (χ3v) is 3.47. The minimum absolute atomic E-state index is 0.197. The Morgan fingerprint density at radius 1 is 1.56 bits per heavy atom. The molecular weight excluding hydrogens is 254 g/mol. The lowest BCUT2D eigenvalue weighted by atomic mass is 9.87. The summed E-state index contributed by atoms with van der Waals surface area (Å²) in [7, 11) is 0. The zero-order chi connectivity index (χ0) is 13.0. The van der Waals surface area contributed by atoms with Crippen LogP contribution in [0.4, 0.5) is 0 Å². The Hall–Kier alpha value is -1.20. The predicted octanol–water partition coefficient (Wildman–Crippen LogP) is 1.41. The maximum atomic E-state index is 11.8. The van der Waals surface area contributed by atoms with Gasteiger partial charge in [-0.05, 0) is 25.2 Å². The topological polar surface area (TPSA) is 75.1 Å². The number of halogens is 1. The van der Waals surface area contributed by atoms with Crippen LogP contribution < -0.4 is 5.32 Å². The highest BCUT2D eigenvalue weighted by molar-refractivity contribution is 6.33. The molecular formula is C12H16ClN3O2. The molecule has 1 fully saturated rings. The summed E-state index contributed by atoms with van der Waals surface area (Å²) in [6, 6.07) is 0. The van der Waals surface area contributed by atoms with Crippen LogP contribution in [0.3, 0.4) is 0 Å². The van der Waals surface area contributed by atoms with Gasteiger partial charge in [0, 0.05) is 12.7 Å². The smallest absolute Gasteiger partial charge is 0.271 e. The summed E-state index contributed by atoms with van der Waals surface area (Å²) < 4.78 is 0. The van der Waals surface area contributed by atoms with Crippen LogP contribution >= 0.6 is 11.6 Å². The Morgan fingerprint density at radius 2 is 2.39 bits per heavy atom. The second kappa shape index (κ2) is 6.11. The Labute approximate surface area is 111 Å². The van der Waals surface area contributed by atoms with Gasteiger partial charge in [-0.25, -0.2) is 9.97 Å². The van der Waals surface area contributed by atoms with Gasteiger partial charge in [0.25, 0.3) is 5.91 Å². The van der Waals surface area contributed by atoms with E-state index in [-0.39, 0.29) is 22.7 Å². The first-order valence-electron chi connectivity index (χ1n) is 6.08. The van der Waals surface area contributed by atoms with E-state index in [1.807, 2.05) is 0 Å². The first kappa shape index (κ1) is 13.2. The normalized spacial score (nSPS) is 23.7. The number of rotatable bonds is 3. The SMILES string of the molecule is O=C(NCC1CCCC(O)C1)c1ncncc1Cl. The summed E-state index contributed by atoms with van der Waals surface area (Å²) in [6.45, 7) is 0.552. The van der Waals surface area contributed by atoms with Gasteiger partial charge in [-0.15, -0.1) is 0 Å². The largest absolute Gasteiger partial charge is 0.393 e. The highest BCUT2D eigenvalue weighted by Gasteiger charge is 2.21. The molecule has 1 aromatic rings. The zero-order valence-corrected chi connectivity index (χ0v) is 10.7. The van der Waals surface area contributed by atoms with Crippen LogP contribution in [0.1, 0.15) is 36.2 Å². The average Bonchev–Trinajstić information content (AvgIpc) is 2.37. The fraction of sp³-hybridized carbons (Fsp3) is 0.583. The van der Waals surface area contributed by atoms with Gasteiger partial charge in [-0.3, -0.25) is 4.79 Å². The van der Waals surface area contributed by atoms with E-state index >= 15 is 0 Å². The lowest BCUT2D eigenvalue weighted by Crippen LogP contribution is -2.33. The molecule has 6 heteroatoms. The van der Waals surface area contributed by atoms with Crippen LogP contribution in [0.5, 0.6) is 0 Å². The van der Waals surface area contributed by atoms with Gasteiger partial charge in [-0.1, -0.05) is 18.0 Å². The third kappa shape index (κ3) is 3.40. The summed E-state index contributed by atoms with van der Waals surface area (Å²) >= 11 is 5.84. The van der Waals surface area contributed by atoms with Gasteiger partial charge >= 0.3 is 0 Å². The zero-order valence-electron chi connectivity index (χ0n) is 9.97. The van der Waals surface area contributed by atoms with E-state index in [1.54, 1.807) is 0 Å². The van der Waals surface area contributed by atoms with E-state index in [2.05, 4.69) is 15.3 Å². The molecule has 18 heavy (non-hydrogen) atoms. The molecule has 1 amide bonds. The molecule has 0 bridgehead atoms. The molecule has 1 aromatic heterocycles. The van der Waals surface area contributed by atoms with E-state index in [4.69, 9.17) is 11.6 Å². The Kier molecular flexibility index (Phi) is 4.49. The van der Waals surface area contributed by atoms with E-state index in [0.29, 0.717) is 12.5 Å². The van der Waals surface area contributed by atoms with Gasteiger partial charge in [0.1, 0.15) is 12.0 Å². The maximum absolute atomic E-state index is 11.8. The van der Waals surface area contributed by atoms with Gasteiger partial charge in [0.2, 0.25) is 0 Å². The molecule has 1 aliphatic carbocycles. The maximum Gasteiger partial charge on any atom is 0.271 e. The van der Waals surface area contributed by atoms with E-state index < -0.39 is 0 Å². The minimum Gasteiger partial charge on any atom is -0.393 e. The van der Waals surface area contributed by atoms with Crippen LogP contribution in [-0.2, 0) is 0 Å². The van der Waals surface area contributed by atoms with Crippen molar-refractivity contribution in [3.8, 4) is 0 Å². The van der Waals surface area contributed by atoms with Crippen molar-refractivity contribution in [1.29, 1.82) is 0 Å². The fourth-order valence-corrected chi connectivity index (χ4v) is 2.44. The van der Waals surface area contributed by atoms with Crippen LogP contribution in [0, 0.1) is 5.92 Å². The van der Waals surface area contributed by atoms with E-state index in [0.717, 1.165) is 25.7 Å². The molecule has 5 nitrogen and oxygen atoms in total. The second-order valence-corrected chi connectivity index (χ2v) is 5.02. The Balaban J connectivity index is 1.87.